The summed E-state index contributed by atoms with van der Waals surface area (Å²) in [6, 6.07) is 5.48. The number of nitrogens with zero attached hydrogens (tertiary/aromatic N) is 1. The molecule has 18 heavy (non-hydrogen) atoms. The second-order valence-corrected chi connectivity index (χ2v) is 6.77. The summed E-state index contributed by atoms with van der Waals surface area (Å²) < 4.78 is 40.0. The van der Waals surface area contributed by atoms with E-state index in [1.54, 1.807) is 6.07 Å². The van der Waals surface area contributed by atoms with Gasteiger partial charge in [-0.25, -0.2) is 12.8 Å². The van der Waals surface area contributed by atoms with Crippen molar-refractivity contribution < 1.29 is 12.8 Å². The lowest BCUT2D eigenvalue weighted by Crippen LogP contribution is -2.46. The number of benzene rings is 1. The molecule has 2 rings (SSSR count). The van der Waals surface area contributed by atoms with Crippen molar-refractivity contribution in [3.8, 4) is 0 Å². The molecule has 1 heterocycles. The zero-order valence-corrected chi connectivity index (χ0v) is 11.5. The van der Waals surface area contributed by atoms with Crippen molar-refractivity contribution in [2.24, 2.45) is 5.92 Å². The Kier molecular flexibility index (Phi) is 3.73. The molecule has 0 amide bonds. The fourth-order valence-corrected chi connectivity index (χ4v) is 4.25. The van der Waals surface area contributed by atoms with Crippen LogP contribution in [0, 0.1) is 11.7 Å². The summed E-state index contributed by atoms with van der Waals surface area (Å²) >= 11 is 0. The maximum atomic E-state index is 13.7. The highest BCUT2D eigenvalue weighted by atomic mass is 32.2. The summed E-state index contributed by atoms with van der Waals surface area (Å²) in [5.74, 6) is -0.372. The largest absolute Gasteiger partial charge is 0.246 e. The Hall–Kier alpha value is -0.940. The normalized spacial score (nSPS) is 26.2. The van der Waals surface area contributed by atoms with Crippen LogP contribution in [0.3, 0.4) is 0 Å². The van der Waals surface area contributed by atoms with Crippen molar-refractivity contribution >= 4 is 10.0 Å². The van der Waals surface area contributed by atoms with Crippen molar-refractivity contribution in [2.45, 2.75) is 37.6 Å². The average Bonchev–Trinajstić information content (AvgIpc) is 2.32. The maximum absolute atomic E-state index is 13.7. The third-order valence-electron chi connectivity index (χ3n) is 3.74. The smallest absolute Gasteiger partial charge is 0.207 e. The van der Waals surface area contributed by atoms with E-state index in [1.807, 2.05) is 13.8 Å². The third-order valence-corrected chi connectivity index (χ3v) is 5.76. The number of hydrogen-bond donors (Lipinski definition) is 0. The van der Waals surface area contributed by atoms with Gasteiger partial charge in [-0.1, -0.05) is 19.1 Å². The van der Waals surface area contributed by atoms with Gasteiger partial charge in [-0.15, -0.1) is 0 Å². The van der Waals surface area contributed by atoms with Gasteiger partial charge in [0.2, 0.25) is 10.0 Å². The minimum atomic E-state index is -3.72. The molecule has 1 aliphatic rings. The van der Waals surface area contributed by atoms with Gasteiger partial charge in [-0.05, 0) is 37.8 Å². The number of rotatable bonds is 2. The highest BCUT2D eigenvalue weighted by Gasteiger charge is 2.35. The van der Waals surface area contributed by atoms with Gasteiger partial charge < -0.3 is 0 Å². The molecule has 1 aromatic rings. The molecule has 1 aromatic carbocycles. The monoisotopic (exact) mass is 271 g/mol. The van der Waals surface area contributed by atoms with Crippen LogP contribution in [0.2, 0.25) is 0 Å². The molecule has 0 aromatic heterocycles. The van der Waals surface area contributed by atoms with E-state index >= 15 is 0 Å². The molecule has 0 N–H and O–H groups in total. The molecule has 1 fully saturated rings. The van der Waals surface area contributed by atoms with Crippen LogP contribution in [0.4, 0.5) is 4.39 Å². The summed E-state index contributed by atoms with van der Waals surface area (Å²) in [7, 11) is -3.72. The molecule has 2 atom stereocenters. The first-order chi connectivity index (χ1) is 8.44. The molecule has 0 saturated carbocycles. The zero-order valence-electron chi connectivity index (χ0n) is 10.6. The highest BCUT2D eigenvalue weighted by molar-refractivity contribution is 7.89. The first kappa shape index (κ1) is 13.5. The standard InChI is InChI=1S/C13H18FNO2S/c1-10-6-5-9-15(11(10)2)18(16,17)13-8-4-3-7-12(13)14/h3-4,7-8,10-11H,5-6,9H2,1-2H3. The molecule has 5 heteroatoms. The first-order valence-corrected chi connectivity index (χ1v) is 7.65. The Balaban J connectivity index is 2.40. The predicted molar refractivity (Wildman–Crippen MR) is 68.2 cm³/mol. The van der Waals surface area contributed by atoms with Crippen molar-refractivity contribution in [2.75, 3.05) is 6.54 Å². The van der Waals surface area contributed by atoms with Crippen LogP contribution in [-0.2, 0) is 10.0 Å². The molecule has 1 aliphatic heterocycles. The summed E-state index contributed by atoms with van der Waals surface area (Å²) in [6.07, 6.45) is 1.85. The van der Waals surface area contributed by atoms with Crippen LogP contribution in [0.5, 0.6) is 0 Å². The van der Waals surface area contributed by atoms with E-state index in [0.29, 0.717) is 12.5 Å². The van der Waals surface area contributed by atoms with Gasteiger partial charge in [0.05, 0.1) is 0 Å². The Morgan fingerprint density at radius 1 is 1.28 bits per heavy atom. The van der Waals surface area contributed by atoms with Crippen molar-refractivity contribution in [3.05, 3.63) is 30.1 Å². The van der Waals surface area contributed by atoms with Crippen LogP contribution in [0.1, 0.15) is 26.7 Å². The molecule has 0 aliphatic carbocycles. The van der Waals surface area contributed by atoms with E-state index in [1.165, 1.54) is 22.5 Å². The second kappa shape index (κ2) is 4.97. The SMILES string of the molecule is CC1CCCN(S(=O)(=O)c2ccccc2F)C1C. The Bertz CT molecular complexity index is 530. The summed E-state index contributed by atoms with van der Waals surface area (Å²) in [6.45, 7) is 4.40. The summed E-state index contributed by atoms with van der Waals surface area (Å²) in [5, 5.41) is 0. The molecule has 100 valence electrons. The third kappa shape index (κ3) is 2.29. The lowest BCUT2D eigenvalue weighted by atomic mass is 9.94. The van der Waals surface area contributed by atoms with Gasteiger partial charge in [-0.2, -0.15) is 4.31 Å². The van der Waals surface area contributed by atoms with E-state index in [-0.39, 0.29) is 10.9 Å². The average molecular weight is 271 g/mol. The topological polar surface area (TPSA) is 37.4 Å². The molecule has 0 bridgehead atoms. The van der Waals surface area contributed by atoms with Gasteiger partial charge in [0.1, 0.15) is 10.7 Å². The molecular weight excluding hydrogens is 253 g/mol. The van der Waals surface area contributed by atoms with Crippen LogP contribution >= 0.6 is 0 Å². The Morgan fingerprint density at radius 3 is 2.61 bits per heavy atom. The van der Waals surface area contributed by atoms with E-state index < -0.39 is 15.8 Å². The van der Waals surface area contributed by atoms with Crippen LogP contribution < -0.4 is 0 Å². The van der Waals surface area contributed by atoms with Gasteiger partial charge in [0, 0.05) is 12.6 Å². The Morgan fingerprint density at radius 2 is 1.94 bits per heavy atom. The molecule has 2 unspecified atom stereocenters. The van der Waals surface area contributed by atoms with Crippen LogP contribution in [0.15, 0.2) is 29.2 Å². The number of hydrogen-bond acceptors (Lipinski definition) is 2. The maximum Gasteiger partial charge on any atom is 0.246 e. The molecule has 0 radical (unpaired) electrons. The fraction of sp³-hybridized carbons (Fsp3) is 0.538. The molecular formula is C13H18FNO2S. The predicted octanol–water partition coefficient (Wildman–Crippen LogP) is 2.63. The quantitative estimate of drug-likeness (QED) is 0.829. The minimum Gasteiger partial charge on any atom is -0.207 e. The van der Waals surface area contributed by atoms with E-state index in [2.05, 4.69) is 0 Å². The zero-order chi connectivity index (χ0) is 13.3. The van der Waals surface area contributed by atoms with E-state index in [9.17, 15) is 12.8 Å². The van der Waals surface area contributed by atoms with Crippen molar-refractivity contribution in [1.29, 1.82) is 0 Å². The van der Waals surface area contributed by atoms with E-state index in [4.69, 9.17) is 0 Å². The van der Waals surface area contributed by atoms with Crippen molar-refractivity contribution in [3.63, 3.8) is 0 Å². The summed E-state index contributed by atoms with van der Waals surface area (Å²) in [4.78, 5) is -0.217. The second-order valence-electron chi connectivity index (χ2n) is 4.91. The van der Waals surface area contributed by atoms with Gasteiger partial charge in [0.15, 0.2) is 0 Å². The van der Waals surface area contributed by atoms with Crippen molar-refractivity contribution in [1.82, 2.24) is 4.31 Å². The van der Waals surface area contributed by atoms with Gasteiger partial charge in [-0.3, -0.25) is 0 Å². The molecule has 1 saturated heterocycles. The van der Waals surface area contributed by atoms with Crippen LogP contribution in [0.25, 0.3) is 0 Å². The Labute approximate surface area is 108 Å². The minimum absolute atomic E-state index is 0.0802. The number of sulfonamides is 1. The lowest BCUT2D eigenvalue weighted by molar-refractivity contribution is 0.202. The van der Waals surface area contributed by atoms with Gasteiger partial charge in [0.25, 0.3) is 0 Å². The molecule has 3 nitrogen and oxygen atoms in total. The first-order valence-electron chi connectivity index (χ1n) is 6.21. The number of piperidine rings is 1. The molecule has 0 spiro atoms. The highest BCUT2D eigenvalue weighted by Crippen LogP contribution is 2.29. The lowest BCUT2D eigenvalue weighted by Gasteiger charge is -2.36. The van der Waals surface area contributed by atoms with E-state index in [0.717, 1.165) is 12.8 Å². The summed E-state index contributed by atoms with van der Waals surface area (Å²) in [5.41, 5.74) is 0. The fourth-order valence-electron chi connectivity index (χ4n) is 2.42. The van der Waals surface area contributed by atoms with Gasteiger partial charge >= 0.3 is 0 Å². The van der Waals surface area contributed by atoms with Crippen LogP contribution in [-0.4, -0.2) is 25.3 Å². The number of halogens is 1.